The third-order valence-corrected chi connectivity index (χ3v) is 6.16. The maximum atomic E-state index is 12.2. The van der Waals surface area contributed by atoms with Crippen molar-refractivity contribution in [2.75, 3.05) is 52.6 Å². The predicted octanol–water partition coefficient (Wildman–Crippen LogP) is -0.146. The second-order valence-corrected chi connectivity index (χ2v) is 8.58. The van der Waals surface area contributed by atoms with E-state index in [2.05, 4.69) is 17.3 Å². The molecule has 0 aromatic heterocycles. The number of nitrogens with one attached hydrogen (secondary N) is 2. The molecule has 0 amide bonds. The third kappa shape index (κ3) is 4.63. The third-order valence-electron chi connectivity index (χ3n) is 3.99. The summed E-state index contributed by atoms with van der Waals surface area (Å²) >= 11 is 5.49. The fourth-order valence-corrected chi connectivity index (χ4v) is 3.73. The molecule has 1 aliphatic rings. The van der Waals surface area contributed by atoms with E-state index in [9.17, 15) is 8.42 Å². The standard InChI is InChI=1S/C15H24N4O2S2/c1-17(2)23(20,21)14-7-4-6-13(12-14)16-15(22)19-9-5-8-18(3)10-11-19/h4,6-7,12H,5,8-11H2,1-3H3,(H,16,22)/p+1. The minimum Gasteiger partial charge on any atom is -0.343 e. The van der Waals surface area contributed by atoms with Gasteiger partial charge in [0.15, 0.2) is 5.11 Å². The molecule has 1 saturated heterocycles. The summed E-state index contributed by atoms with van der Waals surface area (Å²) in [7, 11) is 1.80. The minimum atomic E-state index is -3.44. The van der Waals surface area contributed by atoms with Crippen molar-refractivity contribution >= 4 is 33.0 Å². The smallest absolute Gasteiger partial charge is 0.242 e. The normalized spacial score (nSPS) is 19.5. The van der Waals surface area contributed by atoms with Crippen molar-refractivity contribution in [2.45, 2.75) is 11.3 Å². The summed E-state index contributed by atoms with van der Waals surface area (Å²) in [6.07, 6.45) is 1.10. The van der Waals surface area contributed by atoms with E-state index in [0.29, 0.717) is 10.8 Å². The average molecular weight is 358 g/mol. The first-order valence-electron chi connectivity index (χ1n) is 7.70. The molecule has 1 aromatic rings. The Kier molecular flexibility index (Phi) is 5.96. The molecule has 2 N–H and O–H groups in total. The topological polar surface area (TPSA) is 57.1 Å². The minimum absolute atomic E-state index is 0.260. The summed E-state index contributed by atoms with van der Waals surface area (Å²) < 4.78 is 25.6. The molecule has 128 valence electrons. The number of quaternary nitrogens is 1. The van der Waals surface area contributed by atoms with Crippen molar-refractivity contribution in [3.05, 3.63) is 24.3 Å². The van der Waals surface area contributed by atoms with Gasteiger partial charge in [-0.15, -0.1) is 0 Å². The molecule has 1 fully saturated rings. The molecule has 6 nitrogen and oxygen atoms in total. The summed E-state index contributed by atoms with van der Waals surface area (Å²) in [6.45, 7) is 4.04. The zero-order chi connectivity index (χ0) is 17.0. The van der Waals surface area contributed by atoms with E-state index in [1.165, 1.54) is 23.3 Å². The average Bonchev–Trinajstić information content (AvgIpc) is 2.72. The Morgan fingerprint density at radius 2 is 2.04 bits per heavy atom. The molecular formula is C15H25N4O2S2+. The van der Waals surface area contributed by atoms with Crippen LogP contribution in [-0.2, 0) is 10.0 Å². The number of thiocarbonyl (C=S) groups is 1. The lowest BCUT2D eigenvalue weighted by molar-refractivity contribution is -0.877. The SMILES string of the molecule is CN(C)S(=O)(=O)c1cccc(NC(=S)N2CCC[NH+](C)CC2)c1. The lowest BCUT2D eigenvalue weighted by atomic mass is 10.3. The first-order chi connectivity index (χ1) is 10.8. The van der Waals surface area contributed by atoms with Crippen LogP contribution in [0.25, 0.3) is 0 Å². The van der Waals surface area contributed by atoms with Crippen molar-refractivity contribution in [1.29, 1.82) is 0 Å². The van der Waals surface area contributed by atoms with E-state index in [-0.39, 0.29) is 4.90 Å². The van der Waals surface area contributed by atoms with Gasteiger partial charge in [-0.1, -0.05) is 6.07 Å². The number of hydrogen-bond acceptors (Lipinski definition) is 3. The quantitative estimate of drug-likeness (QED) is 0.737. The Morgan fingerprint density at radius 1 is 1.30 bits per heavy atom. The van der Waals surface area contributed by atoms with Crippen LogP contribution in [0.5, 0.6) is 0 Å². The number of anilines is 1. The van der Waals surface area contributed by atoms with Gasteiger partial charge in [0.05, 0.1) is 31.6 Å². The first-order valence-corrected chi connectivity index (χ1v) is 9.55. The lowest BCUT2D eigenvalue weighted by Gasteiger charge is -2.23. The number of sulfonamides is 1. The Hall–Kier alpha value is -1.22. The van der Waals surface area contributed by atoms with Gasteiger partial charge in [-0.2, -0.15) is 0 Å². The summed E-state index contributed by atoms with van der Waals surface area (Å²) in [4.78, 5) is 3.92. The van der Waals surface area contributed by atoms with Crippen LogP contribution in [0.4, 0.5) is 5.69 Å². The van der Waals surface area contributed by atoms with Gasteiger partial charge in [-0.05, 0) is 30.4 Å². The van der Waals surface area contributed by atoms with Crippen molar-refractivity contribution in [1.82, 2.24) is 9.21 Å². The van der Waals surface area contributed by atoms with E-state index in [4.69, 9.17) is 12.2 Å². The highest BCUT2D eigenvalue weighted by atomic mass is 32.2. The molecule has 0 bridgehead atoms. The number of likely N-dealkylation sites (N-methyl/N-ethyl adjacent to an activating group) is 1. The Labute approximate surface area is 144 Å². The van der Waals surface area contributed by atoms with Crippen LogP contribution in [-0.4, -0.2) is 70.1 Å². The molecule has 23 heavy (non-hydrogen) atoms. The molecule has 0 radical (unpaired) electrons. The van der Waals surface area contributed by atoms with Crippen LogP contribution in [0.1, 0.15) is 6.42 Å². The van der Waals surface area contributed by atoms with Crippen LogP contribution < -0.4 is 10.2 Å². The molecular weight excluding hydrogens is 332 g/mol. The number of nitrogens with zero attached hydrogens (tertiary/aromatic N) is 2. The van der Waals surface area contributed by atoms with Gasteiger partial charge < -0.3 is 15.1 Å². The zero-order valence-electron chi connectivity index (χ0n) is 13.9. The van der Waals surface area contributed by atoms with E-state index < -0.39 is 10.0 Å². The van der Waals surface area contributed by atoms with Gasteiger partial charge >= 0.3 is 0 Å². The fourth-order valence-electron chi connectivity index (χ4n) is 2.49. The second kappa shape index (κ2) is 7.57. The highest BCUT2D eigenvalue weighted by molar-refractivity contribution is 7.89. The molecule has 0 saturated carbocycles. The van der Waals surface area contributed by atoms with Crippen molar-refractivity contribution in [2.24, 2.45) is 0 Å². The van der Waals surface area contributed by atoms with Crippen molar-refractivity contribution < 1.29 is 13.3 Å². The maximum absolute atomic E-state index is 12.2. The van der Waals surface area contributed by atoms with Crippen LogP contribution in [0, 0.1) is 0 Å². The summed E-state index contributed by atoms with van der Waals surface area (Å²) in [5.74, 6) is 0. The molecule has 1 aromatic carbocycles. The first kappa shape index (κ1) is 18.1. The van der Waals surface area contributed by atoms with Crippen LogP contribution in [0.3, 0.4) is 0 Å². The molecule has 8 heteroatoms. The van der Waals surface area contributed by atoms with Gasteiger partial charge in [0.25, 0.3) is 0 Å². The summed E-state index contributed by atoms with van der Waals surface area (Å²) in [5, 5.41) is 3.82. The number of benzene rings is 1. The van der Waals surface area contributed by atoms with Crippen LogP contribution in [0.15, 0.2) is 29.2 Å². The number of rotatable bonds is 3. The zero-order valence-corrected chi connectivity index (χ0v) is 15.5. The van der Waals surface area contributed by atoms with Gasteiger partial charge in [-0.25, -0.2) is 12.7 Å². The lowest BCUT2D eigenvalue weighted by Crippen LogP contribution is -3.09. The maximum Gasteiger partial charge on any atom is 0.242 e. The number of hydrogen-bond donors (Lipinski definition) is 2. The summed E-state index contributed by atoms with van der Waals surface area (Å²) in [5.41, 5.74) is 0.697. The van der Waals surface area contributed by atoms with Crippen LogP contribution >= 0.6 is 12.2 Å². The molecule has 1 aliphatic heterocycles. The fraction of sp³-hybridized carbons (Fsp3) is 0.533. The van der Waals surface area contributed by atoms with Crippen molar-refractivity contribution in [3.8, 4) is 0 Å². The highest BCUT2D eigenvalue weighted by Gasteiger charge is 2.19. The molecule has 0 spiro atoms. The molecule has 1 unspecified atom stereocenters. The van der Waals surface area contributed by atoms with Gasteiger partial charge in [0.1, 0.15) is 0 Å². The molecule has 2 rings (SSSR count). The molecule has 1 heterocycles. The van der Waals surface area contributed by atoms with Gasteiger partial charge in [0, 0.05) is 32.7 Å². The molecule has 0 aliphatic carbocycles. The largest absolute Gasteiger partial charge is 0.343 e. The Bertz CT molecular complexity index is 661. The summed E-state index contributed by atoms with van der Waals surface area (Å²) in [6, 6.07) is 6.77. The van der Waals surface area contributed by atoms with Crippen molar-refractivity contribution in [3.63, 3.8) is 0 Å². The van der Waals surface area contributed by atoms with E-state index >= 15 is 0 Å². The Morgan fingerprint density at radius 3 is 2.74 bits per heavy atom. The highest BCUT2D eigenvalue weighted by Crippen LogP contribution is 2.18. The van der Waals surface area contributed by atoms with Gasteiger partial charge in [0.2, 0.25) is 10.0 Å². The molecule has 1 atom stereocenters. The van der Waals surface area contributed by atoms with E-state index in [1.807, 2.05) is 6.07 Å². The predicted molar refractivity (Wildman–Crippen MR) is 96.3 cm³/mol. The van der Waals surface area contributed by atoms with Gasteiger partial charge in [-0.3, -0.25) is 0 Å². The Balaban J connectivity index is 2.10. The second-order valence-electron chi connectivity index (χ2n) is 6.04. The monoisotopic (exact) mass is 357 g/mol. The van der Waals surface area contributed by atoms with E-state index in [0.717, 1.165) is 32.6 Å². The van der Waals surface area contributed by atoms with Crippen LogP contribution in [0.2, 0.25) is 0 Å². The van der Waals surface area contributed by atoms with E-state index in [1.54, 1.807) is 18.2 Å².